The first-order chi connectivity index (χ1) is 5.04. The van der Waals surface area contributed by atoms with Gasteiger partial charge < -0.3 is 5.11 Å². The quantitative estimate of drug-likeness (QED) is 0.630. The topological polar surface area (TPSA) is 37.3 Å². The van der Waals surface area contributed by atoms with E-state index in [0.29, 0.717) is 17.8 Å². The molecule has 0 unspecified atom stereocenters. The lowest BCUT2D eigenvalue weighted by Crippen LogP contribution is -2.18. The highest BCUT2D eigenvalue weighted by molar-refractivity contribution is 5.70. The molecule has 0 spiro atoms. The van der Waals surface area contributed by atoms with Crippen molar-refractivity contribution in [2.75, 3.05) is 0 Å². The first-order valence-electron chi connectivity index (χ1n) is 4.26. The Labute approximate surface area is 67.6 Å². The fraction of sp³-hybridized carbons (Fsp3) is 0.889. The van der Waals surface area contributed by atoms with Crippen LogP contribution in [0.3, 0.4) is 0 Å². The summed E-state index contributed by atoms with van der Waals surface area (Å²) >= 11 is 0. The lowest BCUT2D eigenvalue weighted by Gasteiger charge is -2.14. The van der Waals surface area contributed by atoms with Crippen molar-refractivity contribution in [3.63, 3.8) is 0 Å². The summed E-state index contributed by atoms with van der Waals surface area (Å²) < 4.78 is 0. The maximum absolute atomic E-state index is 10.7. The molecule has 11 heavy (non-hydrogen) atoms. The summed E-state index contributed by atoms with van der Waals surface area (Å²) in [6.45, 7) is 6.34. The predicted molar refractivity (Wildman–Crippen MR) is 43.2 cm³/mol. The second-order valence-corrected chi connectivity index (χ2v) is 3.88. The molecule has 0 heterocycles. The summed E-state index contributed by atoms with van der Waals surface area (Å²) in [6.07, 6.45) is 0.859. The Bertz CT molecular complexity index is 165. The maximum atomic E-state index is 10.7. The zero-order chi connectivity index (χ0) is 8.59. The molecule has 0 saturated heterocycles. The Hall–Kier alpha value is -0.530. The summed E-state index contributed by atoms with van der Waals surface area (Å²) in [5.41, 5.74) is 0. The van der Waals surface area contributed by atoms with Crippen LogP contribution in [0.15, 0.2) is 0 Å². The van der Waals surface area contributed by atoms with Crippen LogP contribution in [-0.2, 0) is 4.79 Å². The normalized spacial score (nSPS) is 44.3. The van der Waals surface area contributed by atoms with E-state index in [1.165, 1.54) is 0 Å². The van der Waals surface area contributed by atoms with Crippen LogP contribution in [0.1, 0.15) is 27.2 Å². The molecule has 2 nitrogen and oxygen atoms in total. The van der Waals surface area contributed by atoms with Crippen molar-refractivity contribution in [1.29, 1.82) is 0 Å². The van der Waals surface area contributed by atoms with Gasteiger partial charge in [0.1, 0.15) is 0 Å². The largest absolute Gasteiger partial charge is 0.481 e. The van der Waals surface area contributed by atoms with Crippen LogP contribution >= 0.6 is 0 Å². The number of rotatable bonds is 1. The van der Waals surface area contributed by atoms with Crippen molar-refractivity contribution in [3.05, 3.63) is 0 Å². The van der Waals surface area contributed by atoms with Gasteiger partial charge in [-0.25, -0.2) is 0 Å². The van der Waals surface area contributed by atoms with Gasteiger partial charge in [-0.1, -0.05) is 20.8 Å². The monoisotopic (exact) mass is 156 g/mol. The van der Waals surface area contributed by atoms with Crippen LogP contribution in [0.25, 0.3) is 0 Å². The molecule has 1 aliphatic carbocycles. The van der Waals surface area contributed by atoms with Crippen molar-refractivity contribution >= 4 is 5.97 Å². The van der Waals surface area contributed by atoms with Crippen molar-refractivity contribution in [2.24, 2.45) is 23.7 Å². The van der Waals surface area contributed by atoms with E-state index < -0.39 is 5.97 Å². The molecular formula is C9H16O2. The summed E-state index contributed by atoms with van der Waals surface area (Å²) in [4.78, 5) is 10.7. The number of hydrogen-bond donors (Lipinski definition) is 1. The van der Waals surface area contributed by atoms with Crippen molar-refractivity contribution < 1.29 is 9.90 Å². The van der Waals surface area contributed by atoms with E-state index in [9.17, 15) is 4.79 Å². The molecule has 0 bridgehead atoms. The number of aliphatic carboxylic acids is 1. The van der Waals surface area contributed by atoms with Crippen LogP contribution in [0.4, 0.5) is 0 Å². The summed E-state index contributed by atoms with van der Waals surface area (Å²) in [6, 6.07) is 0. The first kappa shape index (κ1) is 8.57. The lowest BCUT2D eigenvalue weighted by molar-refractivity contribution is -0.142. The predicted octanol–water partition coefficient (Wildman–Crippen LogP) is 2.00. The van der Waals surface area contributed by atoms with Gasteiger partial charge in [0.2, 0.25) is 0 Å². The van der Waals surface area contributed by atoms with Crippen molar-refractivity contribution in [3.8, 4) is 0 Å². The Kier molecular flexibility index (Phi) is 2.21. The van der Waals surface area contributed by atoms with E-state index >= 15 is 0 Å². The smallest absolute Gasteiger partial charge is 0.306 e. The van der Waals surface area contributed by atoms with E-state index in [-0.39, 0.29) is 5.92 Å². The number of carbonyl (C=O) groups is 1. The fourth-order valence-electron chi connectivity index (χ4n) is 2.04. The molecule has 0 aromatic carbocycles. The number of carboxylic acid groups (broad SMARTS) is 1. The number of carboxylic acids is 1. The van der Waals surface area contributed by atoms with Gasteiger partial charge in [0.15, 0.2) is 0 Å². The van der Waals surface area contributed by atoms with Gasteiger partial charge >= 0.3 is 5.97 Å². The van der Waals surface area contributed by atoms with Crippen LogP contribution in [-0.4, -0.2) is 11.1 Å². The Balaban J connectivity index is 2.67. The Morgan fingerprint density at radius 3 is 2.00 bits per heavy atom. The van der Waals surface area contributed by atoms with Crippen LogP contribution in [0, 0.1) is 23.7 Å². The van der Waals surface area contributed by atoms with Crippen LogP contribution in [0.5, 0.6) is 0 Å². The average Bonchev–Trinajstić information content (AvgIpc) is 2.17. The molecule has 0 amide bonds. The third kappa shape index (κ3) is 1.39. The molecule has 1 saturated carbocycles. The van der Waals surface area contributed by atoms with Gasteiger partial charge in [0, 0.05) is 0 Å². The summed E-state index contributed by atoms with van der Waals surface area (Å²) in [5.74, 6) is 0.776. The summed E-state index contributed by atoms with van der Waals surface area (Å²) in [7, 11) is 0. The summed E-state index contributed by atoms with van der Waals surface area (Å²) in [5, 5.41) is 8.82. The number of hydrogen-bond acceptors (Lipinski definition) is 1. The molecule has 0 aliphatic heterocycles. The molecule has 1 N–H and O–H groups in total. The van der Waals surface area contributed by atoms with E-state index in [1.807, 2.05) is 6.92 Å². The minimum atomic E-state index is -0.617. The average molecular weight is 156 g/mol. The van der Waals surface area contributed by atoms with E-state index in [2.05, 4.69) is 13.8 Å². The van der Waals surface area contributed by atoms with Crippen molar-refractivity contribution in [1.82, 2.24) is 0 Å². The highest BCUT2D eigenvalue weighted by Gasteiger charge is 2.39. The van der Waals surface area contributed by atoms with E-state index in [1.54, 1.807) is 0 Å². The highest BCUT2D eigenvalue weighted by atomic mass is 16.4. The molecule has 4 atom stereocenters. The van der Waals surface area contributed by atoms with E-state index in [4.69, 9.17) is 5.11 Å². The fourth-order valence-corrected chi connectivity index (χ4v) is 2.04. The Morgan fingerprint density at radius 1 is 1.27 bits per heavy atom. The molecule has 1 aliphatic rings. The zero-order valence-corrected chi connectivity index (χ0v) is 7.37. The molecule has 0 radical (unpaired) electrons. The third-order valence-electron chi connectivity index (χ3n) is 3.30. The van der Waals surface area contributed by atoms with Crippen LogP contribution < -0.4 is 0 Å². The molecular weight excluding hydrogens is 140 g/mol. The standard InChI is InChI=1S/C9H16O2/c1-5-4-8(9(10)11)7(3)6(5)2/h5-8H,4H2,1-3H3,(H,10,11)/t5-,6-,7+,8-/m1/s1. The van der Waals surface area contributed by atoms with Gasteiger partial charge in [0.05, 0.1) is 5.92 Å². The van der Waals surface area contributed by atoms with Gasteiger partial charge in [-0.3, -0.25) is 4.79 Å². The van der Waals surface area contributed by atoms with Gasteiger partial charge in [-0.05, 0) is 24.2 Å². The Morgan fingerprint density at radius 2 is 1.82 bits per heavy atom. The minimum Gasteiger partial charge on any atom is -0.481 e. The first-order valence-corrected chi connectivity index (χ1v) is 4.26. The zero-order valence-electron chi connectivity index (χ0n) is 7.37. The highest BCUT2D eigenvalue weighted by Crippen LogP contribution is 2.40. The molecule has 64 valence electrons. The van der Waals surface area contributed by atoms with E-state index in [0.717, 1.165) is 6.42 Å². The van der Waals surface area contributed by atoms with Crippen LogP contribution in [0.2, 0.25) is 0 Å². The lowest BCUT2D eigenvalue weighted by atomic mass is 9.91. The molecule has 0 aromatic rings. The maximum Gasteiger partial charge on any atom is 0.306 e. The third-order valence-corrected chi connectivity index (χ3v) is 3.30. The SMILES string of the molecule is C[C@H]1[C@H](C)[C@H](C(=O)O)C[C@H]1C. The molecule has 1 rings (SSSR count). The minimum absolute atomic E-state index is 0.0972. The van der Waals surface area contributed by atoms with Gasteiger partial charge in [-0.2, -0.15) is 0 Å². The van der Waals surface area contributed by atoms with Crippen molar-refractivity contribution in [2.45, 2.75) is 27.2 Å². The molecule has 0 aromatic heterocycles. The van der Waals surface area contributed by atoms with Gasteiger partial charge in [0.25, 0.3) is 0 Å². The molecule has 2 heteroatoms. The molecule has 1 fully saturated rings. The second-order valence-electron chi connectivity index (χ2n) is 3.88. The van der Waals surface area contributed by atoms with Gasteiger partial charge in [-0.15, -0.1) is 0 Å². The second kappa shape index (κ2) is 2.84.